The van der Waals surface area contributed by atoms with Gasteiger partial charge in [-0.2, -0.15) is 0 Å². The minimum Gasteiger partial charge on any atom is -0.289 e. The van der Waals surface area contributed by atoms with E-state index in [-0.39, 0.29) is 12.7 Å². The minimum absolute atomic E-state index is 0.0256. The molecule has 2 aromatic rings. The SMILES string of the molecule is [CH2]C[C](OOC(=O)c1cccc(C)c1)OOC(=O)c1cccc(C)c1. The quantitative estimate of drug-likeness (QED) is 0.561. The van der Waals surface area contributed by atoms with Crippen LogP contribution in [0.25, 0.3) is 0 Å². The molecule has 6 heteroatoms. The Kier molecular flexibility index (Phi) is 6.68. The third kappa shape index (κ3) is 5.70. The van der Waals surface area contributed by atoms with Gasteiger partial charge in [-0.15, -0.1) is 9.78 Å². The Morgan fingerprint density at radius 3 is 1.60 bits per heavy atom. The first-order valence-corrected chi connectivity index (χ1v) is 7.55. The summed E-state index contributed by atoms with van der Waals surface area (Å²) in [6.45, 7) is 7.24. The van der Waals surface area contributed by atoms with Crippen molar-refractivity contribution in [2.45, 2.75) is 20.3 Å². The summed E-state index contributed by atoms with van der Waals surface area (Å²) in [7, 11) is 0. The maximum Gasteiger partial charge on any atom is 0.373 e. The molecular formula is C19H18O6. The number of carbonyl (C=O) groups excluding carboxylic acids is 2. The summed E-state index contributed by atoms with van der Waals surface area (Å²) in [5.74, 6) is -1.41. The van der Waals surface area contributed by atoms with Crippen molar-refractivity contribution < 1.29 is 29.1 Å². The van der Waals surface area contributed by atoms with Gasteiger partial charge in [0, 0.05) is 6.42 Å². The van der Waals surface area contributed by atoms with Gasteiger partial charge in [0.15, 0.2) is 0 Å². The Morgan fingerprint density at radius 2 is 1.24 bits per heavy atom. The van der Waals surface area contributed by atoms with Crippen molar-refractivity contribution in [2.24, 2.45) is 0 Å². The topological polar surface area (TPSA) is 71.1 Å². The van der Waals surface area contributed by atoms with Crippen molar-refractivity contribution in [1.29, 1.82) is 0 Å². The fraction of sp³-hybridized carbons (Fsp3) is 0.158. The Morgan fingerprint density at radius 1 is 0.800 bits per heavy atom. The van der Waals surface area contributed by atoms with Crippen molar-refractivity contribution in [1.82, 2.24) is 0 Å². The highest BCUT2D eigenvalue weighted by Gasteiger charge is 2.19. The Balaban J connectivity index is 1.84. The highest BCUT2D eigenvalue weighted by Crippen LogP contribution is 2.15. The molecule has 130 valence electrons. The molecule has 2 radical (unpaired) electrons. The summed E-state index contributed by atoms with van der Waals surface area (Å²) in [6, 6.07) is 13.6. The van der Waals surface area contributed by atoms with Crippen LogP contribution in [0.15, 0.2) is 48.5 Å². The molecule has 2 aromatic carbocycles. The fourth-order valence-corrected chi connectivity index (χ4v) is 1.91. The van der Waals surface area contributed by atoms with E-state index in [0.717, 1.165) is 11.1 Å². The molecule has 0 heterocycles. The monoisotopic (exact) mass is 342 g/mol. The van der Waals surface area contributed by atoms with E-state index in [0.29, 0.717) is 11.1 Å². The average Bonchev–Trinajstić information content (AvgIpc) is 2.61. The van der Waals surface area contributed by atoms with Gasteiger partial charge in [0.05, 0.1) is 11.1 Å². The molecule has 0 saturated carbocycles. The zero-order valence-electron chi connectivity index (χ0n) is 14.0. The first-order chi connectivity index (χ1) is 12.0. The van der Waals surface area contributed by atoms with Crippen molar-refractivity contribution in [3.63, 3.8) is 0 Å². The average molecular weight is 342 g/mol. The molecule has 0 N–H and O–H groups in total. The second-order valence-electron chi connectivity index (χ2n) is 5.27. The summed E-state index contributed by atoms with van der Waals surface area (Å²) in [5.41, 5.74) is 2.44. The van der Waals surface area contributed by atoms with Crippen LogP contribution in [0, 0.1) is 27.1 Å². The van der Waals surface area contributed by atoms with Crippen molar-refractivity contribution >= 4 is 11.9 Å². The van der Waals surface area contributed by atoms with Crippen molar-refractivity contribution in [3.05, 3.63) is 84.0 Å². The minimum atomic E-state index is -0.705. The summed E-state index contributed by atoms with van der Waals surface area (Å²) in [6.07, 6.45) is -0.288. The van der Waals surface area contributed by atoms with Crippen LogP contribution in [0.4, 0.5) is 0 Å². The molecule has 2 rings (SSSR count). The van der Waals surface area contributed by atoms with Crippen LogP contribution < -0.4 is 0 Å². The number of rotatable bonds is 7. The first kappa shape index (κ1) is 18.6. The number of hydrogen-bond acceptors (Lipinski definition) is 6. The fourth-order valence-electron chi connectivity index (χ4n) is 1.91. The molecule has 6 nitrogen and oxygen atoms in total. The Bertz CT molecular complexity index is 679. The summed E-state index contributed by atoms with van der Waals surface area (Å²) in [4.78, 5) is 42.6. The molecule has 0 atom stereocenters. The Labute approximate surface area is 146 Å². The van der Waals surface area contributed by atoms with Gasteiger partial charge in [-0.05, 0) is 45.0 Å². The van der Waals surface area contributed by atoms with Gasteiger partial charge >= 0.3 is 18.2 Å². The molecule has 0 bridgehead atoms. The van der Waals surface area contributed by atoms with Crippen LogP contribution in [-0.2, 0) is 19.6 Å². The summed E-state index contributed by atoms with van der Waals surface area (Å²) >= 11 is 0. The van der Waals surface area contributed by atoms with E-state index in [2.05, 4.69) is 16.7 Å². The van der Waals surface area contributed by atoms with Crippen LogP contribution >= 0.6 is 0 Å². The predicted molar refractivity (Wildman–Crippen MR) is 88.6 cm³/mol. The molecular weight excluding hydrogens is 324 g/mol. The molecule has 0 aliphatic heterocycles. The lowest BCUT2D eigenvalue weighted by molar-refractivity contribution is -0.362. The lowest BCUT2D eigenvalue weighted by Gasteiger charge is -2.12. The van der Waals surface area contributed by atoms with Crippen molar-refractivity contribution in [2.75, 3.05) is 0 Å². The molecule has 0 aliphatic rings. The highest BCUT2D eigenvalue weighted by molar-refractivity contribution is 5.89. The second kappa shape index (κ2) is 8.96. The molecule has 0 saturated heterocycles. The van der Waals surface area contributed by atoms with Gasteiger partial charge in [-0.25, -0.2) is 9.59 Å². The number of carbonyl (C=O) groups is 2. The Hall–Kier alpha value is -2.70. The number of aryl methyl sites for hydroxylation is 2. The van der Waals surface area contributed by atoms with Crippen LogP contribution in [0.3, 0.4) is 0 Å². The molecule has 0 unspecified atom stereocenters. The zero-order valence-corrected chi connectivity index (χ0v) is 14.0. The normalized spacial score (nSPS) is 10.6. The zero-order chi connectivity index (χ0) is 18.2. The third-order valence-corrected chi connectivity index (χ3v) is 3.13. The van der Waals surface area contributed by atoms with Crippen molar-refractivity contribution in [3.8, 4) is 0 Å². The highest BCUT2D eigenvalue weighted by atomic mass is 17.3. The van der Waals surface area contributed by atoms with Crippen LogP contribution in [0.2, 0.25) is 0 Å². The van der Waals surface area contributed by atoms with Gasteiger partial charge in [0.1, 0.15) is 0 Å². The molecule has 0 aliphatic carbocycles. The maximum absolute atomic E-state index is 11.9. The van der Waals surface area contributed by atoms with E-state index in [1.165, 1.54) is 0 Å². The van der Waals surface area contributed by atoms with Crippen LogP contribution in [-0.4, -0.2) is 11.9 Å². The van der Waals surface area contributed by atoms with E-state index in [1.54, 1.807) is 36.4 Å². The number of benzene rings is 2. The van der Waals surface area contributed by atoms with Crippen LogP contribution in [0.5, 0.6) is 0 Å². The molecule has 0 spiro atoms. The maximum atomic E-state index is 11.9. The molecule has 0 amide bonds. The molecule has 0 fully saturated rings. The van der Waals surface area contributed by atoms with Gasteiger partial charge in [0.2, 0.25) is 0 Å². The summed E-state index contributed by atoms with van der Waals surface area (Å²) < 4.78 is 0. The first-order valence-electron chi connectivity index (χ1n) is 7.55. The standard InChI is InChI=1S/C19H18O6/c1-4-17(22-24-18(20)15-9-5-7-13(2)11-15)23-25-19(21)16-10-6-8-14(3)12-16/h5-12H,1,4H2,2-3H3. The van der Waals surface area contributed by atoms with Gasteiger partial charge in [0.25, 0.3) is 0 Å². The second-order valence-corrected chi connectivity index (χ2v) is 5.27. The summed E-state index contributed by atoms with van der Waals surface area (Å²) in [5, 5.41) is 0. The lowest BCUT2D eigenvalue weighted by Crippen LogP contribution is -2.15. The van der Waals surface area contributed by atoms with Gasteiger partial charge in [-0.3, -0.25) is 9.78 Å². The lowest BCUT2D eigenvalue weighted by atomic mass is 10.1. The largest absolute Gasteiger partial charge is 0.373 e. The van der Waals surface area contributed by atoms with E-state index in [1.807, 2.05) is 26.0 Å². The van der Waals surface area contributed by atoms with E-state index >= 15 is 0 Å². The third-order valence-electron chi connectivity index (χ3n) is 3.13. The van der Waals surface area contributed by atoms with E-state index in [4.69, 9.17) is 9.78 Å². The van der Waals surface area contributed by atoms with E-state index < -0.39 is 11.9 Å². The smallest absolute Gasteiger partial charge is 0.289 e. The predicted octanol–water partition coefficient (Wildman–Crippen LogP) is 3.89. The number of hydrogen-bond donors (Lipinski definition) is 0. The van der Waals surface area contributed by atoms with Gasteiger partial charge in [-0.1, -0.05) is 35.4 Å². The molecule has 0 aromatic heterocycles. The molecule has 25 heavy (non-hydrogen) atoms. The van der Waals surface area contributed by atoms with E-state index in [9.17, 15) is 9.59 Å². The van der Waals surface area contributed by atoms with Crippen LogP contribution in [0.1, 0.15) is 38.3 Å². The van der Waals surface area contributed by atoms with Gasteiger partial charge < -0.3 is 0 Å².